The minimum Gasteiger partial charge on any atom is -0.508 e. The molecule has 4 aromatic rings. The second kappa shape index (κ2) is 10.2. The van der Waals surface area contributed by atoms with Gasteiger partial charge in [0.15, 0.2) is 5.78 Å². The van der Waals surface area contributed by atoms with E-state index in [0.29, 0.717) is 23.5 Å². The predicted molar refractivity (Wildman–Crippen MR) is 143 cm³/mol. The normalized spacial score (nSPS) is 12.4. The number of phenols is 1. The standard InChI is InChI=1S/C29H31N5O2/c1-19-7-9-23(35)18-26(19)31-25-11-13-30-29-28(25)27(36)17-22-16-21(8-10-24(22)32-29)6-4-3-5-14-34-15-12-20(2)33-34/h7-13,15-16,18,35H,3-6,14,17H2,1-2H3,(H2,30,31,32). The van der Waals surface area contributed by atoms with Crippen molar-refractivity contribution in [1.29, 1.82) is 0 Å². The molecule has 3 N–H and O–H groups in total. The SMILES string of the molecule is Cc1ccn(CCCCCc2ccc3c(c2)CC(=O)c2c(Nc4cc(O)ccc4C)ccnc2N3)n1. The Morgan fingerprint density at radius 1 is 1.03 bits per heavy atom. The lowest BCUT2D eigenvalue weighted by molar-refractivity contribution is 0.0995. The van der Waals surface area contributed by atoms with Crippen molar-refractivity contribution >= 4 is 28.7 Å². The highest BCUT2D eigenvalue weighted by Gasteiger charge is 2.24. The van der Waals surface area contributed by atoms with Gasteiger partial charge in [0.25, 0.3) is 0 Å². The van der Waals surface area contributed by atoms with E-state index in [1.54, 1.807) is 24.4 Å². The van der Waals surface area contributed by atoms with Gasteiger partial charge in [-0.2, -0.15) is 5.10 Å². The molecule has 0 saturated heterocycles. The molecule has 0 unspecified atom stereocenters. The number of benzene rings is 2. The Morgan fingerprint density at radius 2 is 1.92 bits per heavy atom. The van der Waals surface area contributed by atoms with Crippen LogP contribution in [0.3, 0.4) is 0 Å². The molecule has 0 spiro atoms. The summed E-state index contributed by atoms with van der Waals surface area (Å²) in [7, 11) is 0. The largest absolute Gasteiger partial charge is 0.508 e. The summed E-state index contributed by atoms with van der Waals surface area (Å²) in [6.07, 6.45) is 8.33. The fraction of sp³-hybridized carbons (Fsp3) is 0.276. The lowest BCUT2D eigenvalue weighted by Gasteiger charge is -2.15. The molecule has 3 heterocycles. The number of nitrogens with zero attached hydrogens (tertiary/aromatic N) is 3. The van der Waals surface area contributed by atoms with Crippen molar-refractivity contribution in [2.24, 2.45) is 0 Å². The summed E-state index contributed by atoms with van der Waals surface area (Å²) >= 11 is 0. The smallest absolute Gasteiger partial charge is 0.173 e. The van der Waals surface area contributed by atoms with Crippen LogP contribution in [0.1, 0.15) is 52.0 Å². The molecular formula is C29H31N5O2. The van der Waals surface area contributed by atoms with Gasteiger partial charge in [-0.25, -0.2) is 4.98 Å². The first-order chi connectivity index (χ1) is 17.5. The Morgan fingerprint density at radius 3 is 2.75 bits per heavy atom. The monoisotopic (exact) mass is 481 g/mol. The first kappa shape index (κ1) is 23.6. The van der Waals surface area contributed by atoms with E-state index < -0.39 is 0 Å². The molecule has 0 amide bonds. The van der Waals surface area contributed by atoms with Crippen LogP contribution in [0.4, 0.5) is 22.9 Å². The van der Waals surface area contributed by atoms with Crippen molar-refractivity contribution in [3.05, 3.63) is 88.9 Å². The van der Waals surface area contributed by atoms with Gasteiger partial charge >= 0.3 is 0 Å². The third-order valence-electron chi connectivity index (χ3n) is 6.62. The molecule has 0 fully saturated rings. The second-order valence-corrected chi connectivity index (χ2v) is 9.45. The molecule has 1 aliphatic heterocycles. The van der Waals surface area contributed by atoms with Gasteiger partial charge in [-0.15, -0.1) is 0 Å². The fourth-order valence-corrected chi connectivity index (χ4v) is 4.66. The molecule has 0 radical (unpaired) electrons. The number of ketones is 1. The van der Waals surface area contributed by atoms with Crippen molar-refractivity contribution in [3.63, 3.8) is 0 Å². The number of hydrogen-bond donors (Lipinski definition) is 3. The van der Waals surface area contributed by atoms with Gasteiger partial charge in [-0.1, -0.05) is 24.6 Å². The summed E-state index contributed by atoms with van der Waals surface area (Å²) in [6, 6.07) is 15.3. The number of Topliss-reactive ketones (excluding diaryl/α,β-unsaturated/α-hetero) is 1. The molecule has 36 heavy (non-hydrogen) atoms. The number of hydrogen-bond acceptors (Lipinski definition) is 6. The highest BCUT2D eigenvalue weighted by molar-refractivity contribution is 6.09. The Bertz CT molecular complexity index is 1410. The zero-order valence-electron chi connectivity index (χ0n) is 20.7. The average Bonchev–Trinajstić information content (AvgIpc) is 3.21. The van der Waals surface area contributed by atoms with Gasteiger partial charge in [-0.3, -0.25) is 9.48 Å². The summed E-state index contributed by atoms with van der Waals surface area (Å²) in [4.78, 5) is 17.9. The van der Waals surface area contributed by atoms with Crippen LogP contribution >= 0.6 is 0 Å². The Kier molecular flexibility index (Phi) is 6.71. The maximum atomic E-state index is 13.4. The molecule has 0 bridgehead atoms. The van der Waals surface area contributed by atoms with Crippen LogP contribution in [0, 0.1) is 13.8 Å². The number of nitrogens with one attached hydrogen (secondary N) is 2. The number of aryl methyl sites for hydroxylation is 4. The van der Waals surface area contributed by atoms with E-state index in [0.717, 1.165) is 60.4 Å². The third-order valence-corrected chi connectivity index (χ3v) is 6.62. The zero-order valence-corrected chi connectivity index (χ0v) is 20.7. The van der Waals surface area contributed by atoms with Gasteiger partial charge in [0, 0.05) is 42.8 Å². The van der Waals surface area contributed by atoms with Crippen LogP contribution < -0.4 is 10.6 Å². The van der Waals surface area contributed by atoms with Gasteiger partial charge in [-0.05, 0) is 74.1 Å². The van der Waals surface area contributed by atoms with E-state index in [1.807, 2.05) is 36.9 Å². The molecule has 2 aromatic heterocycles. The Labute approximate surface area is 211 Å². The first-order valence-corrected chi connectivity index (χ1v) is 12.4. The quantitative estimate of drug-likeness (QED) is 0.258. The topological polar surface area (TPSA) is 92.1 Å². The number of pyridine rings is 1. The number of carbonyl (C=O) groups is 1. The number of aromatic nitrogens is 3. The molecule has 2 aromatic carbocycles. The maximum Gasteiger partial charge on any atom is 0.173 e. The first-order valence-electron chi connectivity index (χ1n) is 12.4. The van der Waals surface area contributed by atoms with Gasteiger partial charge in [0.05, 0.1) is 16.9 Å². The van der Waals surface area contributed by atoms with E-state index in [1.165, 1.54) is 5.56 Å². The summed E-state index contributed by atoms with van der Waals surface area (Å²) in [5.74, 6) is 0.726. The van der Waals surface area contributed by atoms with Gasteiger partial charge < -0.3 is 15.7 Å². The van der Waals surface area contributed by atoms with E-state index in [9.17, 15) is 9.90 Å². The Hall–Kier alpha value is -4.13. The fourth-order valence-electron chi connectivity index (χ4n) is 4.66. The van der Waals surface area contributed by atoms with Crippen molar-refractivity contribution in [1.82, 2.24) is 14.8 Å². The number of anilines is 4. The molecule has 7 heteroatoms. The van der Waals surface area contributed by atoms with Crippen LogP contribution in [0.5, 0.6) is 5.75 Å². The van der Waals surface area contributed by atoms with Crippen LogP contribution in [0.2, 0.25) is 0 Å². The molecular weight excluding hydrogens is 450 g/mol. The van der Waals surface area contributed by atoms with Gasteiger partial charge in [0.2, 0.25) is 0 Å². The van der Waals surface area contributed by atoms with E-state index in [4.69, 9.17) is 0 Å². The van der Waals surface area contributed by atoms with Crippen molar-refractivity contribution in [3.8, 4) is 5.75 Å². The molecule has 5 rings (SSSR count). The minimum absolute atomic E-state index is 0.0105. The summed E-state index contributed by atoms with van der Waals surface area (Å²) in [5, 5.41) is 21.0. The molecule has 0 aliphatic carbocycles. The lowest BCUT2D eigenvalue weighted by atomic mass is 9.99. The minimum atomic E-state index is 0.0105. The lowest BCUT2D eigenvalue weighted by Crippen LogP contribution is -2.08. The van der Waals surface area contributed by atoms with Crippen molar-refractivity contribution < 1.29 is 9.90 Å². The maximum absolute atomic E-state index is 13.4. The number of aromatic hydroxyl groups is 1. The van der Waals surface area contributed by atoms with E-state index in [2.05, 4.69) is 38.9 Å². The number of unbranched alkanes of at least 4 members (excludes halogenated alkanes) is 2. The summed E-state index contributed by atoms with van der Waals surface area (Å²) < 4.78 is 2.01. The van der Waals surface area contributed by atoms with E-state index in [-0.39, 0.29) is 11.5 Å². The van der Waals surface area contributed by atoms with Crippen LogP contribution in [0.15, 0.2) is 60.9 Å². The third kappa shape index (κ3) is 5.25. The predicted octanol–water partition coefficient (Wildman–Crippen LogP) is 6.24. The molecule has 0 saturated carbocycles. The number of rotatable bonds is 8. The van der Waals surface area contributed by atoms with Crippen LogP contribution in [0.25, 0.3) is 0 Å². The summed E-state index contributed by atoms with van der Waals surface area (Å²) in [5.41, 5.74) is 7.13. The highest BCUT2D eigenvalue weighted by atomic mass is 16.3. The highest BCUT2D eigenvalue weighted by Crippen LogP contribution is 2.35. The second-order valence-electron chi connectivity index (χ2n) is 9.45. The van der Waals surface area contributed by atoms with Crippen molar-refractivity contribution in [2.75, 3.05) is 10.6 Å². The molecule has 1 aliphatic rings. The van der Waals surface area contributed by atoms with E-state index >= 15 is 0 Å². The summed E-state index contributed by atoms with van der Waals surface area (Å²) in [6.45, 7) is 4.91. The molecule has 7 nitrogen and oxygen atoms in total. The van der Waals surface area contributed by atoms with Crippen LogP contribution in [-0.4, -0.2) is 25.7 Å². The van der Waals surface area contributed by atoms with Crippen molar-refractivity contribution in [2.45, 2.75) is 52.5 Å². The number of phenolic OH excluding ortho intramolecular Hbond substituents is 1. The number of carbonyl (C=O) groups excluding carboxylic acids is 1. The zero-order chi connectivity index (χ0) is 25.1. The van der Waals surface area contributed by atoms with Gasteiger partial charge in [0.1, 0.15) is 11.6 Å². The number of fused-ring (bicyclic) bond motifs is 2. The molecule has 184 valence electrons. The Balaban J connectivity index is 1.27. The molecule has 0 atom stereocenters. The average molecular weight is 482 g/mol. The van der Waals surface area contributed by atoms with Crippen LogP contribution in [-0.2, 0) is 19.4 Å².